The lowest BCUT2D eigenvalue weighted by Crippen LogP contribution is -2.29. The minimum absolute atomic E-state index is 0.247. The molecule has 0 bridgehead atoms. The first-order valence-electron chi connectivity index (χ1n) is 6.34. The van der Waals surface area contributed by atoms with E-state index in [4.69, 9.17) is 5.84 Å². The molecule has 0 amide bonds. The van der Waals surface area contributed by atoms with Gasteiger partial charge in [0.2, 0.25) is 0 Å². The Morgan fingerprint density at radius 1 is 1.29 bits per heavy atom. The molecule has 96 valence electrons. The zero-order valence-corrected chi connectivity index (χ0v) is 12.5. The number of nitrogens with two attached hydrogens (primary N) is 1. The van der Waals surface area contributed by atoms with Gasteiger partial charge in [0, 0.05) is 10.5 Å². The molecule has 0 saturated carbocycles. The van der Waals surface area contributed by atoms with Crippen molar-refractivity contribution in [1.29, 1.82) is 0 Å². The van der Waals surface area contributed by atoms with Gasteiger partial charge in [-0.15, -0.1) is 0 Å². The van der Waals surface area contributed by atoms with E-state index in [1.54, 1.807) is 0 Å². The second-order valence-electron chi connectivity index (χ2n) is 4.65. The van der Waals surface area contributed by atoms with Crippen molar-refractivity contribution in [2.75, 3.05) is 0 Å². The fraction of sp³-hybridized carbons (Fsp3) is 0.571. The molecule has 0 radical (unpaired) electrons. The second-order valence-corrected chi connectivity index (χ2v) is 5.50. The van der Waals surface area contributed by atoms with Crippen molar-refractivity contribution in [3.63, 3.8) is 0 Å². The van der Waals surface area contributed by atoms with Crippen molar-refractivity contribution in [2.24, 2.45) is 11.8 Å². The molecule has 0 aliphatic rings. The Labute approximate surface area is 113 Å². The molecule has 1 aromatic carbocycles. The molecule has 0 heterocycles. The van der Waals surface area contributed by atoms with E-state index < -0.39 is 0 Å². The molecule has 2 nitrogen and oxygen atoms in total. The normalized spacial score (nSPS) is 13.1. The van der Waals surface area contributed by atoms with Crippen molar-refractivity contribution >= 4 is 15.9 Å². The number of hydrazine groups is 1. The minimum atomic E-state index is 0.247. The molecule has 1 rings (SSSR count). The van der Waals surface area contributed by atoms with Crippen molar-refractivity contribution < 1.29 is 0 Å². The Morgan fingerprint density at radius 3 is 2.41 bits per heavy atom. The third-order valence-corrected chi connectivity index (χ3v) is 4.38. The number of halogens is 1. The lowest BCUT2D eigenvalue weighted by molar-refractivity contribution is 0.375. The molecule has 1 atom stereocenters. The quantitative estimate of drug-likeness (QED) is 0.613. The summed E-state index contributed by atoms with van der Waals surface area (Å²) in [5, 5.41) is 0. The maximum Gasteiger partial charge on any atom is 0.0463 e. The van der Waals surface area contributed by atoms with Crippen LogP contribution in [-0.2, 0) is 0 Å². The van der Waals surface area contributed by atoms with Gasteiger partial charge >= 0.3 is 0 Å². The van der Waals surface area contributed by atoms with E-state index in [1.165, 1.54) is 24.0 Å². The molecule has 3 heteroatoms. The van der Waals surface area contributed by atoms with Crippen LogP contribution in [-0.4, -0.2) is 0 Å². The number of nitrogens with one attached hydrogen (secondary N) is 1. The first-order chi connectivity index (χ1) is 8.12. The molecule has 17 heavy (non-hydrogen) atoms. The van der Waals surface area contributed by atoms with E-state index in [2.05, 4.69) is 60.3 Å². The lowest BCUT2D eigenvalue weighted by Gasteiger charge is -2.22. The summed E-state index contributed by atoms with van der Waals surface area (Å²) in [5.41, 5.74) is 5.46. The molecule has 0 aromatic heterocycles. The Kier molecular flexibility index (Phi) is 6.17. The van der Waals surface area contributed by atoms with Crippen LogP contribution in [0.1, 0.15) is 50.3 Å². The highest BCUT2D eigenvalue weighted by atomic mass is 79.9. The van der Waals surface area contributed by atoms with Gasteiger partial charge in [0.25, 0.3) is 0 Å². The van der Waals surface area contributed by atoms with Crippen LogP contribution in [0.4, 0.5) is 0 Å². The van der Waals surface area contributed by atoms with E-state index in [0.717, 1.165) is 16.8 Å². The molecule has 0 aliphatic heterocycles. The number of hydrogen-bond acceptors (Lipinski definition) is 2. The molecule has 3 N–H and O–H groups in total. The summed E-state index contributed by atoms with van der Waals surface area (Å²) in [6.45, 7) is 6.58. The summed E-state index contributed by atoms with van der Waals surface area (Å²) >= 11 is 3.58. The zero-order valence-electron chi connectivity index (χ0n) is 11.0. The van der Waals surface area contributed by atoms with Gasteiger partial charge in [0.15, 0.2) is 0 Å². The third-order valence-electron chi connectivity index (χ3n) is 3.52. The number of benzene rings is 1. The molecule has 1 unspecified atom stereocenters. The van der Waals surface area contributed by atoms with Crippen LogP contribution in [0, 0.1) is 12.8 Å². The molecule has 0 saturated heterocycles. The van der Waals surface area contributed by atoms with Crippen LogP contribution in [0.5, 0.6) is 0 Å². The number of rotatable bonds is 6. The summed E-state index contributed by atoms with van der Waals surface area (Å²) < 4.78 is 1.15. The van der Waals surface area contributed by atoms with Crippen LogP contribution in [0.25, 0.3) is 0 Å². The molecule has 1 aromatic rings. The summed E-state index contributed by atoms with van der Waals surface area (Å²) in [4.78, 5) is 0. The molecular formula is C14H23BrN2. The van der Waals surface area contributed by atoms with E-state index in [1.807, 2.05) is 0 Å². The van der Waals surface area contributed by atoms with E-state index >= 15 is 0 Å². The Bertz CT molecular complexity index is 348. The first kappa shape index (κ1) is 14.7. The van der Waals surface area contributed by atoms with Crippen LogP contribution in [0.2, 0.25) is 0 Å². The van der Waals surface area contributed by atoms with Crippen molar-refractivity contribution in [1.82, 2.24) is 5.43 Å². The number of hydrogen-bond donors (Lipinski definition) is 2. The van der Waals surface area contributed by atoms with Crippen molar-refractivity contribution in [2.45, 2.75) is 46.1 Å². The van der Waals surface area contributed by atoms with Crippen molar-refractivity contribution in [3.05, 3.63) is 33.8 Å². The summed E-state index contributed by atoms with van der Waals surface area (Å²) in [6.07, 6.45) is 3.52. The van der Waals surface area contributed by atoms with Gasteiger partial charge < -0.3 is 0 Å². The average Bonchev–Trinajstić information content (AvgIpc) is 2.35. The second kappa shape index (κ2) is 7.14. The lowest BCUT2D eigenvalue weighted by atomic mass is 9.91. The highest BCUT2D eigenvalue weighted by Crippen LogP contribution is 2.27. The number of aryl methyl sites for hydroxylation is 1. The topological polar surface area (TPSA) is 38.0 Å². The summed E-state index contributed by atoms with van der Waals surface area (Å²) in [5.74, 6) is 6.42. The fourth-order valence-corrected chi connectivity index (χ4v) is 2.48. The van der Waals surface area contributed by atoms with Gasteiger partial charge in [0.05, 0.1) is 0 Å². The van der Waals surface area contributed by atoms with Gasteiger partial charge in [-0.05, 0) is 36.5 Å². The van der Waals surface area contributed by atoms with E-state index in [-0.39, 0.29) is 6.04 Å². The summed E-state index contributed by atoms with van der Waals surface area (Å²) in [6, 6.07) is 6.71. The van der Waals surface area contributed by atoms with Gasteiger partial charge in [-0.2, -0.15) is 0 Å². The van der Waals surface area contributed by atoms with E-state index in [0.29, 0.717) is 0 Å². The maximum absolute atomic E-state index is 5.69. The van der Waals surface area contributed by atoms with Gasteiger partial charge in [-0.1, -0.05) is 54.8 Å². The van der Waals surface area contributed by atoms with Crippen molar-refractivity contribution in [3.8, 4) is 0 Å². The fourth-order valence-electron chi connectivity index (χ4n) is 2.08. The highest BCUT2D eigenvalue weighted by molar-refractivity contribution is 9.10. The SMILES string of the molecule is CCC(CC)CC(NN)c1ccc(C)c(Br)c1. The third kappa shape index (κ3) is 4.09. The molecule has 0 fully saturated rings. The predicted molar refractivity (Wildman–Crippen MR) is 77.6 cm³/mol. The van der Waals surface area contributed by atoms with Gasteiger partial charge in [-0.3, -0.25) is 11.3 Å². The van der Waals surface area contributed by atoms with E-state index in [9.17, 15) is 0 Å². The smallest absolute Gasteiger partial charge is 0.0463 e. The zero-order chi connectivity index (χ0) is 12.8. The average molecular weight is 299 g/mol. The Hall–Kier alpha value is -0.380. The highest BCUT2D eigenvalue weighted by Gasteiger charge is 2.15. The minimum Gasteiger partial charge on any atom is -0.271 e. The van der Waals surface area contributed by atoms with Gasteiger partial charge in [-0.25, -0.2) is 0 Å². The predicted octanol–water partition coefficient (Wildman–Crippen LogP) is 4.09. The Morgan fingerprint density at radius 2 is 1.94 bits per heavy atom. The molecular weight excluding hydrogens is 276 g/mol. The van der Waals surface area contributed by atoms with Crippen LogP contribution in [0.3, 0.4) is 0 Å². The van der Waals surface area contributed by atoms with Crippen LogP contribution < -0.4 is 11.3 Å². The van der Waals surface area contributed by atoms with Crippen LogP contribution in [0.15, 0.2) is 22.7 Å². The molecule has 0 aliphatic carbocycles. The van der Waals surface area contributed by atoms with Crippen LogP contribution >= 0.6 is 15.9 Å². The molecule has 0 spiro atoms. The maximum atomic E-state index is 5.69. The first-order valence-corrected chi connectivity index (χ1v) is 7.13. The van der Waals surface area contributed by atoms with Gasteiger partial charge in [0.1, 0.15) is 0 Å². The Balaban J connectivity index is 2.82. The monoisotopic (exact) mass is 298 g/mol. The standard InChI is InChI=1S/C14H23BrN2/c1-4-11(5-2)8-14(17-16)12-7-6-10(3)13(15)9-12/h6-7,9,11,14,17H,4-5,8,16H2,1-3H3. The summed E-state index contributed by atoms with van der Waals surface area (Å²) in [7, 11) is 0. The largest absolute Gasteiger partial charge is 0.271 e.